The van der Waals surface area contributed by atoms with E-state index in [-0.39, 0.29) is 24.8 Å². The third kappa shape index (κ3) is 3.69. The molecule has 0 saturated heterocycles. The molecule has 3 rings (SSSR count). The summed E-state index contributed by atoms with van der Waals surface area (Å²) in [6.45, 7) is 2.91. The van der Waals surface area contributed by atoms with E-state index in [1.54, 1.807) is 19.1 Å². The van der Waals surface area contributed by atoms with Crippen molar-refractivity contribution in [1.82, 2.24) is 19.6 Å². The van der Waals surface area contributed by atoms with Gasteiger partial charge in [-0.25, -0.2) is 14.5 Å². The number of hydrogen-bond donors (Lipinski definition) is 1. The normalized spacial score (nSPS) is 12.5. The number of aryl methyl sites for hydroxylation is 1. The Bertz CT molecular complexity index is 1100. The quantitative estimate of drug-likeness (QED) is 0.514. The van der Waals surface area contributed by atoms with Gasteiger partial charge < -0.3 is 20.0 Å². The Hall–Kier alpha value is -2.89. The van der Waals surface area contributed by atoms with Crippen LogP contribution in [-0.4, -0.2) is 38.5 Å². The fourth-order valence-electron chi connectivity index (χ4n) is 2.33. The van der Waals surface area contributed by atoms with Crippen LogP contribution < -0.4 is 34.0 Å². The molecule has 0 fully saturated rings. The number of aromatic carboxylic acids is 1. The van der Waals surface area contributed by atoms with Crippen molar-refractivity contribution in [2.75, 3.05) is 12.4 Å². The number of carbonyl (C=O) groups is 2. The van der Waals surface area contributed by atoms with E-state index < -0.39 is 24.5 Å². The SMILES string of the molecule is [2H]C([2H])([2H])Oc1nc(C)c(-c2ccc3nc(NC(C)=O)cn3n2)cc1C(=O)[O-].[Li+]. The summed E-state index contributed by atoms with van der Waals surface area (Å²) in [4.78, 5) is 30.7. The van der Waals surface area contributed by atoms with Crippen LogP contribution in [0.3, 0.4) is 0 Å². The molecule has 0 aliphatic carbocycles. The number of hydrogen-bond acceptors (Lipinski definition) is 7. The van der Waals surface area contributed by atoms with Gasteiger partial charge in [-0.3, -0.25) is 4.79 Å². The second kappa shape index (κ2) is 7.55. The van der Waals surface area contributed by atoms with Crippen LogP contribution in [0, 0.1) is 6.92 Å². The van der Waals surface area contributed by atoms with Crippen molar-refractivity contribution in [2.45, 2.75) is 13.8 Å². The Morgan fingerprint density at radius 2 is 2.12 bits per heavy atom. The first kappa shape index (κ1) is 15.4. The zero-order chi connectivity index (χ0) is 20.6. The molecule has 0 spiro atoms. The molecule has 10 heteroatoms. The molecule has 26 heavy (non-hydrogen) atoms. The van der Waals surface area contributed by atoms with Gasteiger partial charge in [-0.15, -0.1) is 0 Å². The first-order valence-corrected chi connectivity index (χ1v) is 7.10. The summed E-state index contributed by atoms with van der Waals surface area (Å²) < 4.78 is 27.5. The Balaban J connectivity index is 0.00000300. The van der Waals surface area contributed by atoms with Gasteiger partial charge in [0.15, 0.2) is 11.5 Å². The van der Waals surface area contributed by atoms with E-state index in [9.17, 15) is 14.7 Å². The number of pyridine rings is 1. The maximum absolute atomic E-state index is 11.4. The average Bonchev–Trinajstić information content (AvgIpc) is 2.93. The van der Waals surface area contributed by atoms with Crippen LogP contribution in [-0.2, 0) is 4.79 Å². The van der Waals surface area contributed by atoms with Gasteiger partial charge in [-0.2, -0.15) is 5.10 Å². The number of rotatable bonds is 4. The number of nitrogens with one attached hydrogen (secondary N) is 1. The van der Waals surface area contributed by atoms with Gasteiger partial charge in [0, 0.05) is 12.5 Å². The third-order valence-corrected chi connectivity index (χ3v) is 3.39. The fourth-order valence-corrected chi connectivity index (χ4v) is 2.33. The molecule has 1 amide bonds. The summed E-state index contributed by atoms with van der Waals surface area (Å²) in [5.74, 6) is -2.17. The van der Waals surface area contributed by atoms with Crippen molar-refractivity contribution >= 4 is 23.3 Å². The number of aromatic nitrogens is 4. The number of carboxylic acid groups (broad SMARTS) is 1. The van der Waals surface area contributed by atoms with Crippen molar-refractivity contribution in [3.63, 3.8) is 0 Å². The maximum atomic E-state index is 11.4. The van der Waals surface area contributed by atoms with Crippen molar-refractivity contribution in [2.24, 2.45) is 0 Å². The first-order chi connectivity index (χ1) is 13.0. The fraction of sp³-hybridized carbons (Fsp3) is 0.188. The van der Waals surface area contributed by atoms with Crippen LogP contribution in [0.4, 0.5) is 5.82 Å². The number of anilines is 1. The van der Waals surface area contributed by atoms with Crippen molar-refractivity contribution in [3.8, 4) is 17.1 Å². The molecule has 0 saturated carbocycles. The number of ether oxygens (including phenoxy) is 1. The van der Waals surface area contributed by atoms with Gasteiger partial charge in [-0.05, 0) is 25.1 Å². The molecule has 128 valence electrons. The van der Waals surface area contributed by atoms with E-state index in [4.69, 9.17) is 4.11 Å². The Morgan fingerprint density at radius 1 is 1.35 bits per heavy atom. The molecule has 0 bridgehead atoms. The monoisotopic (exact) mass is 350 g/mol. The molecule has 0 radical (unpaired) electrons. The molecule has 0 aromatic carbocycles. The van der Waals surface area contributed by atoms with Gasteiger partial charge in [0.25, 0.3) is 0 Å². The smallest absolute Gasteiger partial charge is 0.545 e. The summed E-state index contributed by atoms with van der Waals surface area (Å²) in [5, 5.41) is 18.3. The molecular weight excluding hydrogens is 333 g/mol. The first-order valence-electron chi connectivity index (χ1n) is 8.60. The topological polar surface area (TPSA) is 122 Å². The standard InChI is InChI=1S/C16H15N5O4.Li/c1-8-10(6-11(16(23)24)15(17-8)25-3)12-4-5-14-19-13(18-9(2)22)7-21(14)20-12;/h4-7H,1-3H3,(H,18,22)(H,23,24);/q;+1/p-1/i3D3;. The molecule has 3 heterocycles. The number of amides is 1. The summed E-state index contributed by atoms with van der Waals surface area (Å²) >= 11 is 0. The molecule has 9 nitrogen and oxygen atoms in total. The predicted octanol–water partition coefficient (Wildman–Crippen LogP) is -2.57. The molecule has 0 aliphatic heterocycles. The van der Waals surface area contributed by atoms with Crippen molar-refractivity contribution in [1.29, 1.82) is 0 Å². The molecule has 1 N–H and O–H groups in total. The van der Waals surface area contributed by atoms with E-state index in [2.05, 4.69) is 25.1 Å². The Morgan fingerprint density at radius 3 is 2.77 bits per heavy atom. The van der Waals surface area contributed by atoms with E-state index >= 15 is 0 Å². The van der Waals surface area contributed by atoms with E-state index in [1.165, 1.54) is 23.7 Å². The largest absolute Gasteiger partial charge is 1.00 e. The number of fused-ring (bicyclic) bond motifs is 1. The molecule has 3 aromatic rings. The van der Waals surface area contributed by atoms with Gasteiger partial charge in [-0.1, -0.05) is 0 Å². The van der Waals surface area contributed by atoms with Crippen LogP contribution in [0.5, 0.6) is 5.88 Å². The Labute approximate surface area is 164 Å². The zero-order valence-corrected chi connectivity index (χ0v) is 14.2. The molecule has 3 aromatic heterocycles. The minimum atomic E-state index is -2.86. The van der Waals surface area contributed by atoms with E-state index in [0.717, 1.165) is 0 Å². The van der Waals surface area contributed by atoms with Crippen LogP contribution >= 0.6 is 0 Å². The summed E-state index contributed by atoms with van der Waals surface area (Å²) in [5.41, 5.74) is 0.947. The van der Waals surface area contributed by atoms with Crippen LogP contribution in [0.25, 0.3) is 16.9 Å². The molecule has 0 unspecified atom stereocenters. The van der Waals surface area contributed by atoms with Gasteiger partial charge in [0.05, 0.1) is 40.3 Å². The number of carboxylic acids is 1. The minimum Gasteiger partial charge on any atom is -0.545 e. The third-order valence-electron chi connectivity index (χ3n) is 3.39. The van der Waals surface area contributed by atoms with Gasteiger partial charge >= 0.3 is 18.9 Å². The van der Waals surface area contributed by atoms with Crippen molar-refractivity contribution in [3.05, 3.63) is 35.7 Å². The van der Waals surface area contributed by atoms with Crippen LogP contribution in [0.1, 0.15) is 27.1 Å². The average molecular weight is 350 g/mol. The Kier molecular flexibility index (Phi) is 4.47. The number of nitrogens with zero attached hydrogens (tertiary/aromatic N) is 4. The number of methoxy groups -OCH3 is 1. The second-order valence-electron chi connectivity index (χ2n) is 5.19. The second-order valence-corrected chi connectivity index (χ2v) is 5.19. The zero-order valence-electron chi connectivity index (χ0n) is 17.2. The van der Waals surface area contributed by atoms with Crippen LogP contribution in [0.15, 0.2) is 24.4 Å². The summed E-state index contributed by atoms with van der Waals surface area (Å²) in [6.07, 6.45) is 1.49. The van der Waals surface area contributed by atoms with E-state index in [0.29, 0.717) is 28.4 Å². The maximum Gasteiger partial charge on any atom is 1.00 e. The minimum absolute atomic E-state index is 0. The van der Waals surface area contributed by atoms with Crippen LogP contribution in [0.2, 0.25) is 0 Å². The van der Waals surface area contributed by atoms with Crippen molar-refractivity contribution < 1.29 is 42.4 Å². The number of imidazole rings is 1. The van der Waals surface area contributed by atoms with Gasteiger partial charge in [0.2, 0.25) is 11.8 Å². The predicted molar refractivity (Wildman–Crippen MR) is 86.1 cm³/mol. The number of carbonyl (C=O) groups excluding carboxylic acids is 2. The molecule has 0 aliphatic rings. The summed E-state index contributed by atoms with van der Waals surface area (Å²) in [6, 6.07) is 4.41. The van der Waals surface area contributed by atoms with E-state index in [1.807, 2.05) is 0 Å². The molecule has 0 atom stereocenters. The summed E-state index contributed by atoms with van der Waals surface area (Å²) in [7, 11) is -2.86. The molecular formula is C16H14LiN5O4. The van der Waals surface area contributed by atoms with Gasteiger partial charge in [0.1, 0.15) is 0 Å².